The van der Waals surface area contributed by atoms with Crippen molar-refractivity contribution >= 4 is 28.8 Å². The number of carbonyl (C=O) groups is 1. The molecule has 29 heavy (non-hydrogen) atoms. The fourth-order valence-electron chi connectivity index (χ4n) is 3.19. The lowest BCUT2D eigenvalue weighted by Gasteiger charge is -2.20. The predicted molar refractivity (Wildman–Crippen MR) is 111 cm³/mol. The molecule has 1 fully saturated rings. The number of carbonyl (C=O) groups excluding carboxylic acids is 1. The summed E-state index contributed by atoms with van der Waals surface area (Å²) in [7, 11) is 0. The van der Waals surface area contributed by atoms with E-state index in [2.05, 4.69) is 10.2 Å². The molecule has 0 atom stereocenters. The maximum Gasteiger partial charge on any atom is 0.307 e. The third-order valence-corrected chi connectivity index (χ3v) is 6.05. The second-order valence-electron chi connectivity index (χ2n) is 7.16. The maximum atomic E-state index is 12.8. The molecule has 0 spiro atoms. The Morgan fingerprint density at radius 3 is 2.72 bits per heavy atom. The minimum atomic E-state index is 0.0228. The lowest BCUT2D eigenvalue weighted by molar-refractivity contribution is -0.132. The highest BCUT2D eigenvalue weighted by atomic mass is 35.5. The Labute approximate surface area is 176 Å². The summed E-state index contributed by atoms with van der Waals surface area (Å²) in [6.07, 6.45) is 3.00. The van der Waals surface area contributed by atoms with E-state index in [1.165, 1.54) is 11.3 Å². The van der Waals surface area contributed by atoms with Crippen molar-refractivity contribution in [3.63, 3.8) is 0 Å². The first kappa shape index (κ1) is 19.8. The van der Waals surface area contributed by atoms with Crippen molar-refractivity contribution in [2.24, 2.45) is 0 Å². The standard InChI is InChI=1S/C20H21ClN4O3S/c1-13-12-29-20(27)24(13)10-2-3-18(26)25(16-8-9-16)11-17-22-23-19(28-17)14-4-6-15(21)7-5-14/h4-7,12,16H,2-3,8-11H2,1H3. The molecule has 1 aromatic carbocycles. The Balaban J connectivity index is 1.37. The van der Waals surface area contributed by atoms with Gasteiger partial charge in [-0.3, -0.25) is 9.59 Å². The van der Waals surface area contributed by atoms with E-state index in [1.54, 1.807) is 16.7 Å². The van der Waals surface area contributed by atoms with Crippen LogP contribution in [0.1, 0.15) is 37.3 Å². The summed E-state index contributed by atoms with van der Waals surface area (Å²) >= 11 is 7.10. The second-order valence-corrected chi connectivity index (χ2v) is 8.42. The molecule has 1 saturated carbocycles. The summed E-state index contributed by atoms with van der Waals surface area (Å²) in [6.45, 7) is 2.77. The van der Waals surface area contributed by atoms with Crippen LogP contribution in [0, 0.1) is 6.92 Å². The van der Waals surface area contributed by atoms with E-state index in [4.69, 9.17) is 16.0 Å². The van der Waals surface area contributed by atoms with Gasteiger partial charge in [0.15, 0.2) is 0 Å². The number of hydrogen-bond donors (Lipinski definition) is 0. The van der Waals surface area contributed by atoms with Crippen LogP contribution in [0.25, 0.3) is 11.5 Å². The molecule has 0 N–H and O–H groups in total. The van der Waals surface area contributed by atoms with Gasteiger partial charge in [0.05, 0.1) is 6.54 Å². The highest BCUT2D eigenvalue weighted by molar-refractivity contribution is 7.07. The quantitative estimate of drug-likeness (QED) is 0.539. The summed E-state index contributed by atoms with van der Waals surface area (Å²) in [5, 5.41) is 10.7. The molecule has 0 unspecified atom stereocenters. The van der Waals surface area contributed by atoms with Crippen molar-refractivity contribution in [2.45, 2.75) is 51.7 Å². The smallest absolute Gasteiger partial charge is 0.307 e. The van der Waals surface area contributed by atoms with Gasteiger partial charge in [-0.15, -0.1) is 10.2 Å². The van der Waals surface area contributed by atoms with Crippen molar-refractivity contribution in [2.75, 3.05) is 0 Å². The van der Waals surface area contributed by atoms with E-state index in [9.17, 15) is 9.59 Å². The first-order chi connectivity index (χ1) is 14.0. The minimum absolute atomic E-state index is 0.0228. The van der Waals surface area contributed by atoms with Gasteiger partial charge < -0.3 is 13.9 Å². The Bertz CT molecular complexity index is 1050. The number of thiazole rings is 1. The molecule has 2 aromatic heterocycles. The predicted octanol–water partition coefficient (Wildman–Crippen LogP) is 3.89. The van der Waals surface area contributed by atoms with Crippen molar-refractivity contribution in [3.05, 3.63) is 55.9 Å². The highest BCUT2D eigenvalue weighted by Crippen LogP contribution is 2.29. The molecule has 152 valence electrons. The number of aromatic nitrogens is 3. The van der Waals surface area contributed by atoms with Gasteiger partial charge in [0.1, 0.15) is 0 Å². The summed E-state index contributed by atoms with van der Waals surface area (Å²) in [6, 6.07) is 7.40. The van der Waals surface area contributed by atoms with Crippen LogP contribution in [0.4, 0.5) is 0 Å². The van der Waals surface area contributed by atoms with Gasteiger partial charge in [-0.2, -0.15) is 0 Å². The van der Waals surface area contributed by atoms with E-state index >= 15 is 0 Å². The first-order valence-corrected chi connectivity index (χ1v) is 10.8. The summed E-state index contributed by atoms with van der Waals surface area (Å²) in [5.41, 5.74) is 1.72. The fourth-order valence-corrected chi connectivity index (χ4v) is 4.07. The molecule has 0 saturated heterocycles. The maximum absolute atomic E-state index is 12.8. The average molecular weight is 433 g/mol. The Morgan fingerprint density at radius 1 is 1.31 bits per heavy atom. The molecule has 1 aliphatic rings. The fraction of sp³-hybridized carbons (Fsp3) is 0.400. The number of hydrogen-bond acceptors (Lipinski definition) is 6. The number of benzene rings is 1. The number of nitrogens with zero attached hydrogens (tertiary/aromatic N) is 4. The van der Waals surface area contributed by atoms with Gasteiger partial charge >= 0.3 is 4.87 Å². The van der Waals surface area contributed by atoms with Crippen LogP contribution in [0.5, 0.6) is 0 Å². The van der Waals surface area contributed by atoms with Crippen LogP contribution >= 0.6 is 22.9 Å². The highest BCUT2D eigenvalue weighted by Gasteiger charge is 2.33. The van der Waals surface area contributed by atoms with Gasteiger partial charge in [-0.1, -0.05) is 22.9 Å². The molecule has 0 aliphatic heterocycles. The Hall–Kier alpha value is -2.45. The molecule has 0 bridgehead atoms. The van der Waals surface area contributed by atoms with Gasteiger partial charge in [0.25, 0.3) is 0 Å². The van der Waals surface area contributed by atoms with E-state index in [0.717, 1.165) is 24.1 Å². The van der Waals surface area contributed by atoms with Gasteiger partial charge in [0, 0.05) is 40.7 Å². The summed E-state index contributed by atoms with van der Waals surface area (Å²) in [5.74, 6) is 0.881. The number of halogens is 1. The molecule has 4 rings (SSSR count). The average Bonchev–Trinajstić information content (AvgIpc) is 3.36. The van der Waals surface area contributed by atoms with Gasteiger partial charge in [-0.05, 0) is 50.5 Å². The lowest BCUT2D eigenvalue weighted by Crippen LogP contribution is -2.32. The van der Waals surface area contributed by atoms with Crippen molar-refractivity contribution in [1.29, 1.82) is 0 Å². The SMILES string of the molecule is Cc1csc(=O)n1CCCC(=O)N(Cc1nnc(-c2ccc(Cl)cc2)o1)C1CC1. The van der Waals surface area contributed by atoms with Crippen LogP contribution < -0.4 is 4.87 Å². The molecule has 1 aliphatic carbocycles. The van der Waals surface area contributed by atoms with Gasteiger partial charge in [0.2, 0.25) is 17.7 Å². The van der Waals surface area contributed by atoms with E-state index in [0.29, 0.717) is 42.7 Å². The molecule has 2 heterocycles. The van der Waals surface area contributed by atoms with Crippen molar-refractivity contribution in [1.82, 2.24) is 19.7 Å². The molecule has 1 amide bonds. The normalized spacial score (nSPS) is 13.6. The van der Waals surface area contributed by atoms with E-state index in [1.807, 2.05) is 29.3 Å². The molecule has 0 radical (unpaired) electrons. The van der Waals surface area contributed by atoms with Crippen LogP contribution in [-0.4, -0.2) is 31.6 Å². The number of aryl methyl sites for hydroxylation is 1. The minimum Gasteiger partial charge on any atom is -0.419 e. The topological polar surface area (TPSA) is 81.2 Å². The molecular weight excluding hydrogens is 412 g/mol. The summed E-state index contributed by atoms with van der Waals surface area (Å²) in [4.78, 5) is 26.4. The van der Waals surface area contributed by atoms with E-state index < -0.39 is 0 Å². The van der Waals surface area contributed by atoms with Gasteiger partial charge in [-0.25, -0.2) is 0 Å². The largest absolute Gasteiger partial charge is 0.419 e. The van der Waals surface area contributed by atoms with Crippen LogP contribution in [0.2, 0.25) is 5.02 Å². The third kappa shape index (κ3) is 4.76. The number of amides is 1. The third-order valence-electron chi connectivity index (χ3n) is 4.92. The second kappa shape index (κ2) is 8.51. The monoisotopic (exact) mass is 432 g/mol. The van der Waals surface area contributed by atoms with Crippen molar-refractivity contribution < 1.29 is 9.21 Å². The zero-order valence-corrected chi connectivity index (χ0v) is 17.6. The Kier molecular flexibility index (Phi) is 5.82. The van der Waals surface area contributed by atoms with Crippen molar-refractivity contribution in [3.8, 4) is 11.5 Å². The molecule has 7 nitrogen and oxygen atoms in total. The molecule has 9 heteroatoms. The zero-order chi connectivity index (χ0) is 20.4. The molecule has 3 aromatic rings. The van der Waals surface area contributed by atoms with Crippen LogP contribution in [0.3, 0.4) is 0 Å². The van der Waals surface area contributed by atoms with Crippen LogP contribution in [-0.2, 0) is 17.9 Å². The zero-order valence-electron chi connectivity index (χ0n) is 16.0. The lowest BCUT2D eigenvalue weighted by atomic mass is 10.2. The molecular formula is C20H21ClN4O3S. The van der Waals surface area contributed by atoms with E-state index in [-0.39, 0.29) is 16.8 Å². The summed E-state index contributed by atoms with van der Waals surface area (Å²) < 4.78 is 7.48. The first-order valence-electron chi connectivity index (χ1n) is 9.54. The number of rotatable bonds is 8. The Morgan fingerprint density at radius 2 is 2.07 bits per heavy atom. The van der Waals surface area contributed by atoms with Crippen LogP contribution in [0.15, 0.2) is 38.9 Å².